The van der Waals surface area contributed by atoms with Gasteiger partial charge in [-0.05, 0) is 93.5 Å². The summed E-state index contributed by atoms with van der Waals surface area (Å²) < 4.78 is 8.11. The topological polar surface area (TPSA) is 81.0 Å². The van der Waals surface area contributed by atoms with Gasteiger partial charge in [-0.25, -0.2) is 4.57 Å². The molecule has 0 fully saturated rings. The molecule has 2 heterocycles. The maximum Gasteiger partial charge on any atom is 0.221 e. The van der Waals surface area contributed by atoms with Crippen LogP contribution in [0.25, 0.3) is 22.9 Å². The van der Waals surface area contributed by atoms with Crippen LogP contribution in [0.1, 0.15) is 55.7 Å². The Morgan fingerprint density at radius 1 is 1.02 bits per heavy atom. The summed E-state index contributed by atoms with van der Waals surface area (Å²) in [4.78, 5) is 17.2. The number of anilines is 1. The predicted molar refractivity (Wildman–Crippen MR) is 205 cm³/mol. The summed E-state index contributed by atoms with van der Waals surface area (Å²) in [6, 6.07) is 25.3. The van der Waals surface area contributed by atoms with Crippen LogP contribution in [0.5, 0.6) is 5.75 Å². The van der Waals surface area contributed by atoms with Crippen molar-refractivity contribution in [2.24, 2.45) is 0 Å². The van der Waals surface area contributed by atoms with Crippen LogP contribution in [0.3, 0.4) is 0 Å². The van der Waals surface area contributed by atoms with Crippen molar-refractivity contribution in [1.82, 2.24) is 15.5 Å². The molecule has 3 aromatic carbocycles. The lowest BCUT2D eigenvalue weighted by molar-refractivity contribution is -0.697. The number of amides is 1. The number of aryl methyl sites for hydroxylation is 2. The van der Waals surface area contributed by atoms with Crippen LogP contribution in [0.2, 0.25) is 0 Å². The summed E-state index contributed by atoms with van der Waals surface area (Å²) in [5.41, 5.74) is 4.98. The van der Waals surface area contributed by atoms with Gasteiger partial charge in [-0.15, -0.1) is 0 Å². The van der Waals surface area contributed by atoms with Crippen molar-refractivity contribution in [3.05, 3.63) is 102 Å². The number of ether oxygens (including phenoxy) is 1. The zero-order valence-corrected chi connectivity index (χ0v) is 30.2. The molecule has 0 radical (unpaired) electrons. The van der Waals surface area contributed by atoms with E-state index in [4.69, 9.17) is 4.74 Å². The molecule has 8 nitrogen and oxygen atoms in total. The number of aromatic nitrogens is 1. The fourth-order valence-electron chi connectivity index (χ4n) is 6.54. The summed E-state index contributed by atoms with van der Waals surface area (Å²) in [6.45, 7) is 7.37. The Labute approximate surface area is 298 Å². The van der Waals surface area contributed by atoms with Gasteiger partial charge >= 0.3 is 0 Å². The first kappa shape index (κ1) is 37.0. The van der Waals surface area contributed by atoms with Crippen molar-refractivity contribution < 1.29 is 19.2 Å². The van der Waals surface area contributed by atoms with Gasteiger partial charge in [0.15, 0.2) is 12.4 Å². The molecule has 1 aliphatic rings. The molecule has 1 amide bonds. The molecule has 1 aliphatic heterocycles. The predicted octanol–water partition coefficient (Wildman–Crippen LogP) is 5.71. The summed E-state index contributed by atoms with van der Waals surface area (Å²) >= 11 is 0. The van der Waals surface area contributed by atoms with Crippen molar-refractivity contribution >= 4 is 34.5 Å². The molecule has 0 aliphatic carbocycles. The van der Waals surface area contributed by atoms with Gasteiger partial charge in [0, 0.05) is 68.3 Å². The van der Waals surface area contributed by atoms with Gasteiger partial charge in [0.05, 0.1) is 0 Å². The molecule has 50 heavy (non-hydrogen) atoms. The van der Waals surface area contributed by atoms with Crippen LogP contribution in [0.15, 0.2) is 85.2 Å². The van der Waals surface area contributed by atoms with E-state index in [-0.39, 0.29) is 18.6 Å². The van der Waals surface area contributed by atoms with Crippen LogP contribution < -0.4 is 24.8 Å². The number of rotatable bonds is 19. The van der Waals surface area contributed by atoms with E-state index in [9.17, 15) is 9.90 Å². The molecule has 0 saturated carbocycles. The van der Waals surface area contributed by atoms with Crippen molar-refractivity contribution in [2.45, 2.75) is 64.1 Å². The molecule has 0 bridgehead atoms. The van der Waals surface area contributed by atoms with Crippen LogP contribution in [0.4, 0.5) is 5.69 Å². The van der Waals surface area contributed by atoms with E-state index >= 15 is 0 Å². The lowest BCUT2D eigenvalue weighted by Crippen LogP contribution is -2.37. The van der Waals surface area contributed by atoms with E-state index < -0.39 is 6.10 Å². The minimum atomic E-state index is -0.572. The highest BCUT2D eigenvalue weighted by Gasteiger charge is 2.18. The Hall–Kier alpha value is -4.24. The number of hydrogen-bond acceptors (Lipinski definition) is 6. The Kier molecular flexibility index (Phi) is 14.2. The molecular weight excluding hydrogens is 622 g/mol. The fourth-order valence-corrected chi connectivity index (χ4v) is 6.54. The molecule has 1 aromatic heterocycles. The number of nitrogens with zero attached hydrogens (tertiary/aromatic N) is 3. The van der Waals surface area contributed by atoms with Gasteiger partial charge in [-0.3, -0.25) is 4.79 Å². The van der Waals surface area contributed by atoms with Crippen LogP contribution >= 0.6 is 0 Å². The lowest BCUT2D eigenvalue weighted by atomic mass is 9.98. The van der Waals surface area contributed by atoms with E-state index in [1.807, 2.05) is 30.3 Å². The van der Waals surface area contributed by atoms with Crippen molar-refractivity contribution in [3.8, 4) is 5.75 Å². The van der Waals surface area contributed by atoms with Gasteiger partial charge in [0.25, 0.3) is 0 Å². The number of fused-ring (bicyclic) bond motifs is 2. The quantitative estimate of drug-likeness (QED) is 0.0872. The molecule has 5 rings (SSSR count). The van der Waals surface area contributed by atoms with E-state index in [0.29, 0.717) is 13.0 Å². The summed E-state index contributed by atoms with van der Waals surface area (Å²) in [5.74, 6) is 0.946. The maximum absolute atomic E-state index is 12.6. The number of aliphatic hydroxyl groups excluding tert-OH is 1. The normalized spacial score (nSPS) is 14.2. The van der Waals surface area contributed by atoms with Crippen LogP contribution in [0, 0.1) is 0 Å². The molecule has 4 aromatic rings. The third kappa shape index (κ3) is 11.7. The second kappa shape index (κ2) is 19.2. The molecule has 2 unspecified atom stereocenters. The average Bonchev–Trinajstić information content (AvgIpc) is 3.12. The van der Waals surface area contributed by atoms with Gasteiger partial charge < -0.3 is 30.3 Å². The highest BCUT2D eigenvalue weighted by molar-refractivity contribution is 5.88. The number of hydrogen-bond donors (Lipinski definition) is 3. The first-order valence-corrected chi connectivity index (χ1v) is 18.3. The third-order valence-electron chi connectivity index (χ3n) is 9.29. The third-order valence-corrected chi connectivity index (χ3v) is 9.29. The molecule has 0 saturated heterocycles. The Morgan fingerprint density at radius 3 is 2.66 bits per heavy atom. The summed E-state index contributed by atoms with van der Waals surface area (Å²) in [5, 5.41) is 19.1. The van der Waals surface area contributed by atoms with Gasteiger partial charge in [-0.1, -0.05) is 54.6 Å². The first-order valence-electron chi connectivity index (χ1n) is 18.3. The van der Waals surface area contributed by atoms with E-state index in [2.05, 4.69) is 113 Å². The smallest absolute Gasteiger partial charge is 0.221 e. The van der Waals surface area contributed by atoms with Crippen molar-refractivity contribution in [3.63, 3.8) is 0 Å². The average molecular weight is 679 g/mol. The van der Waals surface area contributed by atoms with Gasteiger partial charge in [0.1, 0.15) is 25.0 Å². The highest BCUT2D eigenvalue weighted by atomic mass is 16.5. The van der Waals surface area contributed by atoms with E-state index in [0.717, 1.165) is 86.9 Å². The maximum atomic E-state index is 12.6. The second-order valence-electron chi connectivity index (χ2n) is 13.8. The SMILES string of the molecule is CC(CCCN(C)C)NC(=O)CCN1CCCc2cc(C=Cc3cc[n+](CCCNCC(O)COc4cccc5ccccc45)cc3)ccc21. The number of nitrogens with one attached hydrogen (secondary N) is 2. The number of carbonyl (C=O) groups excluding carboxylic acids is 1. The first-order chi connectivity index (χ1) is 24.3. The minimum Gasteiger partial charge on any atom is -0.490 e. The lowest BCUT2D eigenvalue weighted by Gasteiger charge is -2.31. The fraction of sp³-hybridized carbons (Fsp3) is 0.429. The summed E-state index contributed by atoms with van der Waals surface area (Å²) in [6.07, 6.45) is 13.8. The van der Waals surface area contributed by atoms with Gasteiger partial charge in [-0.2, -0.15) is 0 Å². The van der Waals surface area contributed by atoms with Crippen LogP contribution in [-0.4, -0.2) is 81.5 Å². The highest BCUT2D eigenvalue weighted by Crippen LogP contribution is 2.29. The number of benzene rings is 3. The van der Waals surface area contributed by atoms with Gasteiger partial charge in [0.2, 0.25) is 5.91 Å². The minimum absolute atomic E-state index is 0.143. The molecule has 266 valence electrons. The molecular formula is C42H56N5O3+. The Balaban J connectivity index is 0.995. The van der Waals surface area contributed by atoms with Crippen molar-refractivity contribution in [1.29, 1.82) is 0 Å². The van der Waals surface area contributed by atoms with Crippen LogP contribution in [-0.2, 0) is 17.8 Å². The second-order valence-corrected chi connectivity index (χ2v) is 13.8. The van der Waals surface area contributed by atoms with Crippen molar-refractivity contribution in [2.75, 3.05) is 58.3 Å². The zero-order chi connectivity index (χ0) is 35.1. The largest absolute Gasteiger partial charge is 0.490 e. The molecule has 2 atom stereocenters. The standard InChI is InChI=1S/C42H55N5O3/c1-33(10-7-24-45(2)3)44-42(49)22-29-47-26-8-13-37-30-35(18-19-40(37)47)17-16-34-20-27-46(28-21-34)25-9-23-43-31-38(48)32-50-41-15-6-12-36-11-4-5-14-39(36)41/h4-6,11-12,14-21,27-28,30,33,38,43,48H,7-10,13,22-26,29,31-32H2,1-3H3/p+1. The van der Waals surface area contributed by atoms with E-state index in [1.54, 1.807) is 0 Å². The zero-order valence-electron chi connectivity index (χ0n) is 30.2. The Bertz CT molecular complexity index is 1670. The molecule has 0 spiro atoms. The Morgan fingerprint density at radius 2 is 1.82 bits per heavy atom. The number of pyridine rings is 1. The van der Waals surface area contributed by atoms with E-state index in [1.165, 1.54) is 16.8 Å². The molecule has 8 heteroatoms. The molecule has 3 N–H and O–H groups in total. The summed E-state index contributed by atoms with van der Waals surface area (Å²) in [7, 11) is 4.17. The number of carbonyl (C=O) groups is 1. The number of aliphatic hydroxyl groups is 1. The monoisotopic (exact) mass is 678 g/mol.